The number of rotatable bonds is 5. The molecular formula is C16H24F2N2O5Si. The zero-order valence-corrected chi connectivity index (χ0v) is 16.5. The van der Waals surface area contributed by atoms with Crippen molar-refractivity contribution in [2.45, 2.75) is 63.3 Å². The van der Waals surface area contributed by atoms with Gasteiger partial charge in [-0.2, -0.15) is 4.39 Å². The normalized spacial score (nSPS) is 26.9. The van der Waals surface area contributed by atoms with E-state index in [1.54, 1.807) is 4.98 Å². The number of nitrogens with zero attached hydrogens (tertiary/aromatic N) is 1. The molecule has 0 spiro atoms. The summed E-state index contributed by atoms with van der Waals surface area (Å²) in [7, 11) is -2.22. The lowest BCUT2D eigenvalue weighted by Crippen LogP contribution is -2.47. The number of carbonyl (C=O) groups is 1. The van der Waals surface area contributed by atoms with Crippen molar-refractivity contribution in [1.82, 2.24) is 9.55 Å². The Kier molecular flexibility index (Phi) is 5.42. The SMILES string of the molecule is CC(C)(C)[Si](C)(C)OC[C@]1(C=O)C[C@H](F)[C@H](n2cc(F)c(=O)[nH]c2=O)O1. The molecule has 2 heterocycles. The number of H-pyrrole nitrogens is 1. The molecule has 2 rings (SSSR count). The number of hydrogen-bond donors (Lipinski definition) is 1. The van der Waals surface area contributed by atoms with E-state index in [1.807, 2.05) is 33.9 Å². The van der Waals surface area contributed by atoms with Gasteiger partial charge in [-0.05, 0) is 18.1 Å². The quantitative estimate of drug-likeness (QED) is 0.613. The molecule has 1 fully saturated rings. The summed E-state index contributed by atoms with van der Waals surface area (Å²) >= 11 is 0. The third kappa shape index (κ3) is 3.86. The lowest BCUT2D eigenvalue weighted by Gasteiger charge is -2.38. The zero-order chi connectivity index (χ0) is 19.9. The van der Waals surface area contributed by atoms with Crippen LogP contribution in [0.4, 0.5) is 8.78 Å². The van der Waals surface area contributed by atoms with Gasteiger partial charge in [0.1, 0.15) is 6.17 Å². The van der Waals surface area contributed by atoms with E-state index < -0.39 is 43.4 Å². The lowest BCUT2D eigenvalue weighted by molar-refractivity contribution is -0.141. The van der Waals surface area contributed by atoms with E-state index in [2.05, 4.69) is 0 Å². The predicted octanol–water partition coefficient (Wildman–Crippen LogP) is 1.89. The summed E-state index contributed by atoms with van der Waals surface area (Å²) in [6.45, 7) is 9.85. The highest BCUT2D eigenvalue weighted by Crippen LogP contribution is 2.41. The van der Waals surface area contributed by atoms with Gasteiger partial charge in [0.2, 0.25) is 5.82 Å². The van der Waals surface area contributed by atoms with Crippen molar-refractivity contribution in [2.24, 2.45) is 0 Å². The van der Waals surface area contributed by atoms with Crippen LogP contribution in [0.25, 0.3) is 0 Å². The lowest BCUT2D eigenvalue weighted by atomic mass is 10.0. The summed E-state index contributed by atoms with van der Waals surface area (Å²) < 4.78 is 40.1. The number of aldehydes is 1. The Bertz CT molecular complexity index is 801. The smallest absolute Gasteiger partial charge is 0.330 e. The Balaban J connectivity index is 2.27. The summed E-state index contributed by atoms with van der Waals surface area (Å²) in [6, 6.07) is 0. The third-order valence-corrected chi connectivity index (χ3v) is 9.58. The summed E-state index contributed by atoms with van der Waals surface area (Å²) in [4.78, 5) is 36.4. The fourth-order valence-electron chi connectivity index (χ4n) is 2.40. The van der Waals surface area contributed by atoms with E-state index in [4.69, 9.17) is 9.16 Å². The van der Waals surface area contributed by atoms with Crippen molar-refractivity contribution in [3.8, 4) is 0 Å². The Labute approximate surface area is 150 Å². The predicted molar refractivity (Wildman–Crippen MR) is 92.9 cm³/mol. The Morgan fingerprint density at radius 2 is 2.08 bits per heavy atom. The molecule has 1 aromatic rings. The minimum atomic E-state index is -2.22. The summed E-state index contributed by atoms with van der Waals surface area (Å²) in [5.74, 6) is -1.25. The summed E-state index contributed by atoms with van der Waals surface area (Å²) in [5.41, 5.74) is -3.80. The Morgan fingerprint density at radius 3 is 2.62 bits per heavy atom. The molecule has 10 heteroatoms. The molecule has 0 aliphatic carbocycles. The highest BCUT2D eigenvalue weighted by atomic mass is 28.4. The molecule has 0 radical (unpaired) electrons. The van der Waals surface area contributed by atoms with Crippen molar-refractivity contribution >= 4 is 14.6 Å². The van der Waals surface area contributed by atoms with Crippen LogP contribution in [0.1, 0.15) is 33.4 Å². The molecule has 0 amide bonds. The topological polar surface area (TPSA) is 90.4 Å². The average Bonchev–Trinajstić information content (AvgIpc) is 2.85. The molecule has 1 aliphatic rings. The van der Waals surface area contributed by atoms with Gasteiger partial charge in [0.15, 0.2) is 26.4 Å². The number of aromatic amines is 1. The molecule has 1 aliphatic heterocycles. The Hall–Kier alpha value is -1.65. The van der Waals surface area contributed by atoms with Crippen LogP contribution < -0.4 is 11.2 Å². The minimum Gasteiger partial charge on any atom is -0.413 e. The van der Waals surface area contributed by atoms with Gasteiger partial charge in [0.05, 0.1) is 12.8 Å². The van der Waals surface area contributed by atoms with Crippen molar-refractivity contribution in [2.75, 3.05) is 6.61 Å². The highest BCUT2D eigenvalue weighted by molar-refractivity contribution is 6.74. The molecule has 7 nitrogen and oxygen atoms in total. The Morgan fingerprint density at radius 1 is 1.46 bits per heavy atom. The number of hydrogen-bond acceptors (Lipinski definition) is 5. The van der Waals surface area contributed by atoms with Crippen molar-refractivity contribution in [1.29, 1.82) is 0 Å². The van der Waals surface area contributed by atoms with Crippen LogP contribution in [0.15, 0.2) is 15.8 Å². The van der Waals surface area contributed by atoms with Gasteiger partial charge in [0, 0.05) is 6.42 Å². The second kappa shape index (κ2) is 6.82. The van der Waals surface area contributed by atoms with E-state index in [-0.39, 0.29) is 18.1 Å². The minimum absolute atomic E-state index is 0.122. The highest BCUT2D eigenvalue weighted by Gasteiger charge is 2.50. The first-order valence-electron chi connectivity index (χ1n) is 8.25. The number of nitrogens with one attached hydrogen (secondary N) is 1. The molecular weight excluding hydrogens is 366 g/mol. The monoisotopic (exact) mass is 390 g/mol. The van der Waals surface area contributed by atoms with E-state index in [9.17, 15) is 23.2 Å². The molecule has 1 N–H and O–H groups in total. The first-order valence-corrected chi connectivity index (χ1v) is 11.2. The largest absolute Gasteiger partial charge is 0.413 e. The van der Waals surface area contributed by atoms with Crippen LogP contribution in [-0.4, -0.2) is 42.5 Å². The number of ether oxygens (including phenoxy) is 1. The van der Waals surface area contributed by atoms with Crippen LogP contribution in [0.2, 0.25) is 18.1 Å². The van der Waals surface area contributed by atoms with Crippen LogP contribution in [0.3, 0.4) is 0 Å². The second-order valence-electron chi connectivity index (χ2n) is 8.10. The van der Waals surface area contributed by atoms with Gasteiger partial charge < -0.3 is 14.0 Å². The van der Waals surface area contributed by atoms with Crippen LogP contribution in [-0.2, 0) is 14.0 Å². The number of alkyl halides is 1. The standard InChI is InChI=1S/C16H24F2N2O5Si/c1-15(2,3)26(4,5)24-9-16(8-21)6-10(17)13(25-16)20-7-11(18)12(22)19-14(20)23/h7-8,10,13H,6,9H2,1-5H3,(H,19,22,23)/t10-,13+,16+/m0/s1. The molecule has 1 aromatic heterocycles. The number of carbonyl (C=O) groups excluding carboxylic acids is 1. The van der Waals surface area contributed by atoms with E-state index >= 15 is 0 Å². The maximum Gasteiger partial charge on any atom is 0.330 e. The van der Waals surface area contributed by atoms with Crippen LogP contribution in [0.5, 0.6) is 0 Å². The number of aromatic nitrogens is 2. The van der Waals surface area contributed by atoms with Gasteiger partial charge in [-0.3, -0.25) is 14.3 Å². The van der Waals surface area contributed by atoms with E-state index in [0.29, 0.717) is 17.1 Å². The molecule has 0 bridgehead atoms. The van der Waals surface area contributed by atoms with Crippen molar-refractivity contribution < 1.29 is 22.7 Å². The van der Waals surface area contributed by atoms with Crippen molar-refractivity contribution in [3.05, 3.63) is 32.9 Å². The maximum absolute atomic E-state index is 14.5. The molecule has 26 heavy (non-hydrogen) atoms. The molecule has 0 aromatic carbocycles. The molecule has 1 saturated heterocycles. The van der Waals surface area contributed by atoms with Crippen LogP contribution in [0, 0.1) is 5.82 Å². The number of halogens is 2. The van der Waals surface area contributed by atoms with E-state index in [0.717, 1.165) is 0 Å². The first-order chi connectivity index (χ1) is 11.8. The average molecular weight is 390 g/mol. The maximum atomic E-state index is 14.5. The third-order valence-electron chi connectivity index (χ3n) is 5.10. The fraction of sp³-hybridized carbons (Fsp3) is 0.688. The molecule has 0 unspecified atom stereocenters. The van der Waals surface area contributed by atoms with Gasteiger partial charge in [-0.1, -0.05) is 20.8 Å². The molecule has 3 atom stereocenters. The van der Waals surface area contributed by atoms with Gasteiger partial charge in [-0.25, -0.2) is 9.18 Å². The summed E-state index contributed by atoms with van der Waals surface area (Å²) in [6.07, 6.45) is -2.56. The fourth-order valence-corrected chi connectivity index (χ4v) is 3.43. The van der Waals surface area contributed by atoms with Gasteiger partial charge >= 0.3 is 5.69 Å². The zero-order valence-electron chi connectivity index (χ0n) is 15.5. The molecule has 0 saturated carbocycles. The van der Waals surface area contributed by atoms with Gasteiger partial charge in [-0.15, -0.1) is 0 Å². The van der Waals surface area contributed by atoms with Crippen molar-refractivity contribution in [3.63, 3.8) is 0 Å². The summed E-state index contributed by atoms with van der Waals surface area (Å²) in [5, 5.41) is -0.122. The first kappa shape index (κ1) is 20.7. The molecule has 146 valence electrons. The van der Waals surface area contributed by atoms with Crippen LogP contribution >= 0.6 is 0 Å². The van der Waals surface area contributed by atoms with E-state index in [1.165, 1.54) is 0 Å². The van der Waals surface area contributed by atoms with Gasteiger partial charge in [0.25, 0.3) is 5.56 Å². The second-order valence-corrected chi connectivity index (χ2v) is 12.9.